The van der Waals surface area contributed by atoms with E-state index in [0.717, 1.165) is 22.6 Å². The fraction of sp³-hybridized carbons (Fsp3) is 0.400. The van der Waals surface area contributed by atoms with Crippen LogP contribution in [0, 0.1) is 26.7 Å². The standard InChI is InChI=1S/C25H29N3O4/c1-5-31-25(30)19-10-12-27(13-11-19)24(29)22-15-20(23-9-7-18(4)32-23)26-28(22)21-8-6-16(2)14-17(21)3/h6-9,14-15,19H,5,10-13H2,1-4H3. The zero-order valence-corrected chi connectivity index (χ0v) is 19.1. The summed E-state index contributed by atoms with van der Waals surface area (Å²) >= 11 is 0. The molecule has 2 aromatic heterocycles. The number of amides is 1. The molecule has 3 heterocycles. The van der Waals surface area contributed by atoms with E-state index in [-0.39, 0.29) is 17.8 Å². The highest BCUT2D eigenvalue weighted by Crippen LogP contribution is 2.27. The SMILES string of the molecule is CCOC(=O)C1CCN(C(=O)c2cc(-c3ccc(C)o3)nn2-c2ccc(C)cc2C)CC1. The number of hydrogen-bond acceptors (Lipinski definition) is 5. The van der Waals surface area contributed by atoms with Crippen molar-refractivity contribution in [1.82, 2.24) is 14.7 Å². The van der Waals surface area contributed by atoms with Crippen molar-refractivity contribution in [2.24, 2.45) is 5.92 Å². The zero-order chi connectivity index (χ0) is 22.8. The molecule has 1 saturated heterocycles. The highest BCUT2D eigenvalue weighted by atomic mass is 16.5. The number of likely N-dealkylation sites (tertiary alicyclic amines) is 1. The van der Waals surface area contributed by atoms with Crippen molar-refractivity contribution in [3.8, 4) is 17.1 Å². The molecule has 0 radical (unpaired) electrons. The Labute approximate surface area is 188 Å². The van der Waals surface area contributed by atoms with E-state index in [4.69, 9.17) is 14.3 Å². The number of piperidine rings is 1. The van der Waals surface area contributed by atoms with Crippen LogP contribution in [0.4, 0.5) is 0 Å². The van der Waals surface area contributed by atoms with Gasteiger partial charge >= 0.3 is 5.97 Å². The molecule has 1 aromatic carbocycles. The van der Waals surface area contributed by atoms with Gasteiger partial charge in [-0.3, -0.25) is 9.59 Å². The minimum Gasteiger partial charge on any atom is -0.466 e. The number of ether oxygens (including phenoxy) is 1. The highest BCUT2D eigenvalue weighted by molar-refractivity contribution is 5.94. The van der Waals surface area contributed by atoms with Crippen LogP contribution in [0.3, 0.4) is 0 Å². The molecule has 0 atom stereocenters. The fourth-order valence-corrected chi connectivity index (χ4v) is 4.19. The Morgan fingerprint density at radius 2 is 1.84 bits per heavy atom. The second kappa shape index (κ2) is 9.02. The first-order chi connectivity index (χ1) is 15.4. The van der Waals surface area contributed by atoms with Crippen LogP contribution in [-0.4, -0.2) is 46.3 Å². The van der Waals surface area contributed by atoms with E-state index < -0.39 is 0 Å². The second-order valence-electron chi connectivity index (χ2n) is 8.35. The van der Waals surface area contributed by atoms with Crippen molar-refractivity contribution >= 4 is 11.9 Å². The lowest BCUT2D eigenvalue weighted by Crippen LogP contribution is -2.41. The summed E-state index contributed by atoms with van der Waals surface area (Å²) in [5, 5.41) is 4.74. The van der Waals surface area contributed by atoms with Crippen molar-refractivity contribution in [3.05, 3.63) is 59.0 Å². The first-order valence-corrected chi connectivity index (χ1v) is 11.1. The summed E-state index contributed by atoms with van der Waals surface area (Å²) in [7, 11) is 0. The Balaban J connectivity index is 1.65. The first-order valence-electron chi connectivity index (χ1n) is 11.1. The quantitative estimate of drug-likeness (QED) is 0.553. The van der Waals surface area contributed by atoms with Gasteiger partial charge in [-0.2, -0.15) is 5.10 Å². The third-order valence-electron chi connectivity index (χ3n) is 5.90. The number of carbonyl (C=O) groups is 2. The van der Waals surface area contributed by atoms with E-state index in [1.165, 1.54) is 0 Å². The Hall–Kier alpha value is -3.35. The molecular weight excluding hydrogens is 406 g/mol. The molecule has 0 saturated carbocycles. The lowest BCUT2D eigenvalue weighted by molar-refractivity contribution is -0.149. The number of aromatic nitrogens is 2. The molecule has 0 bridgehead atoms. The Morgan fingerprint density at radius 3 is 2.47 bits per heavy atom. The topological polar surface area (TPSA) is 77.6 Å². The van der Waals surface area contributed by atoms with Crippen LogP contribution in [0.5, 0.6) is 0 Å². The van der Waals surface area contributed by atoms with Gasteiger partial charge in [0.25, 0.3) is 5.91 Å². The van der Waals surface area contributed by atoms with Crippen LogP contribution >= 0.6 is 0 Å². The number of benzene rings is 1. The van der Waals surface area contributed by atoms with E-state index >= 15 is 0 Å². The summed E-state index contributed by atoms with van der Waals surface area (Å²) in [6.45, 7) is 9.14. The molecule has 0 aliphatic carbocycles. The summed E-state index contributed by atoms with van der Waals surface area (Å²) in [6, 6.07) is 11.6. The van der Waals surface area contributed by atoms with E-state index in [2.05, 4.69) is 6.07 Å². The van der Waals surface area contributed by atoms with Gasteiger partial charge in [0.15, 0.2) is 5.76 Å². The van der Waals surface area contributed by atoms with Crippen molar-refractivity contribution < 1.29 is 18.7 Å². The minimum atomic E-state index is -0.171. The van der Waals surface area contributed by atoms with Crippen LogP contribution in [0.2, 0.25) is 0 Å². The average Bonchev–Trinajstić information content (AvgIpc) is 3.40. The molecule has 168 valence electrons. The van der Waals surface area contributed by atoms with E-state index in [1.807, 2.05) is 52.0 Å². The number of furan rings is 1. The number of rotatable bonds is 5. The molecule has 1 amide bonds. The van der Waals surface area contributed by atoms with Crippen LogP contribution in [0.15, 0.2) is 40.8 Å². The largest absolute Gasteiger partial charge is 0.466 e. The van der Waals surface area contributed by atoms with Gasteiger partial charge in [0.1, 0.15) is 17.1 Å². The molecule has 7 nitrogen and oxygen atoms in total. The fourth-order valence-electron chi connectivity index (χ4n) is 4.19. The van der Waals surface area contributed by atoms with Gasteiger partial charge < -0.3 is 14.1 Å². The van der Waals surface area contributed by atoms with Crippen LogP contribution in [-0.2, 0) is 9.53 Å². The Kier molecular flexibility index (Phi) is 6.17. The Bertz CT molecular complexity index is 1140. The lowest BCUT2D eigenvalue weighted by atomic mass is 9.97. The van der Waals surface area contributed by atoms with Gasteiger partial charge in [-0.25, -0.2) is 4.68 Å². The second-order valence-corrected chi connectivity index (χ2v) is 8.35. The van der Waals surface area contributed by atoms with Gasteiger partial charge in [0.05, 0.1) is 18.2 Å². The predicted octanol–water partition coefficient (Wildman–Crippen LogP) is 4.47. The van der Waals surface area contributed by atoms with Crippen LogP contribution in [0.25, 0.3) is 17.1 Å². The third-order valence-corrected chi connectivity index (χ3v) is 5.90. The van der Waals surface area contributed by atoms with Gasteiger partial charge in [-0.05, 0) is 64.3 Å². The Morgan fingerprint density at radius 1 is 1.09 bits per heavy atom. The van der Waals surface area contributed by atoms with Crippen LogP contribution in [0.1, 0.15) is 47.1 Å². The summed E-state index contributed by atoms with van der Waals surface area (Å²) in [6.07, 6.45) is 1.21. The molecule has 1 aliphatic heterocycles. The minimum absolute atomic E-state index is 0.102. The maximum Gasteiger partial charge on any atom is 0.309 e. The van der Waals surface area contributed by atoms with E-state index in [9.17, 15) is 9.59 Å². The molecule has 1 aliphatic rings. The maximum atomic E-state index is 13.5. The molecular formula is C25H29N3O4. The number of nitrogens with zero attached hydrogens (tertiary/aromatic N) is 3. The molecule has 4 rings (SSSR count). The number of carbonyl (C=O) groups excluding carboxylic acids is 2. The number of aryl methyl sites for hydroxylation is 3. The molecule has 7 heteroatoms. The number of hydrogen-bond donors (Lipinski definition) is 0. The molecule has 0 spiro atoms. The van der Waals surface area contributed by atoms with Crippen LogP contribution < -0.4 is 0 Å². The highest BCUT2D eigenvalue weighted by Gasteiger charge is 2.31. The summed E-state index contributed by atoms with van der Waals surface area (Å²) in [5.74, 6) is 0.991. The number of esters is 1. The average molecular weight is 436 g/mol. The molecule has 0 N–H and O–H groups in total. The van der Waals surface area contributed by atoms with Gasteiger partial charge in [0, 0.05) is 19.2 Å². The monoisotopic (exact) mass is 435 g/mol. The van der Waals surface area contributed by atoms with E-state index in [0.29, 0.717) is 49.7 Å². The zero-order valence-electron chi connectivity index (χ0n) is 19.1. The summed E-state index contributed by atoms with van der Waals surface area (Å²) < 4.78 is 12.6. The molecule has 3 aromatic rings. The molecule has 0 unspecified atom stereocenters. The lowest BCUT2D eigenvalue weighted by Gasteiger charge is -2.31. The van der Waals surface area contributed by atoms with E-state index in [1.54, 1.807) is 15.6 Å². The van der Waals surface area contributed by atoms with Gasteiger partial charge in [-0.15, -0.1) is 0 Å². The third kappa shape index (κ3) is 4.33. The molecule has 32 heavy (non-hydrogen) atoms. The summed E-state index contributed by atoms with van der Waals surface area (Å²) in [5.41, 5.74) is 4.13. The molecule has 1 fully saturated rings. The van der Waals surface area contributed by atoms with Crippen molar-refractivity contribution in [2.75, 3.05) is 19.7 Å². The normalized spacial score (nSPS) is 14.6. The van der Waals surface area contributed by atoms with Gasteiger partial charge in [0.2, 0.25) is 0 Å². The first kappa shape index (κ1) is 21.9. The van der Waals surface area contributed by atoms with Crippen molar-refractivity contribution in [3.63, 3.8) is 0 Å². The smallest absolute Gasteiger partial charge is 0.309 e. The van der Waals surface area contributed by atoms with Crippen molar-refractivity contribution in [2.45, 2.75) is 40.5 Å². The van der Waals surface area contributed by atoms with Crippen molar-refractivity contribution in [1.29, 1.82) is 0 Å². The predicted molar refractivity (Wildman–Crippen MR) is 121 cm³/mol. The summed E-state index contributed by atoms with van der Waals surface area (Å²) in [4.78, 5) is 27.4. The van der Waals surface area contributed by atoms with Gasteiger partial charge in [-0.1, -0.05) is 17.7 Å². The maximum absolute atomic E-state index is 13.5.